The molecule has 7 nitrogen and oxygen atoms in total. The van der Waals surface area contributed by atoms with E-state index in [4.69, 9.17) is 5.11 Å². The van der Waals surface area contributed by atoms with Crippen LogP contribution in [-0.2, 0) is 9.59 Å². The first-order valence-corrected chi connectivity index (χ1v) is 5.90. The lowest BCUT2D eigenvalue weighted by Crippen LogP contribution is -2.48. The van der Waals surface area contributed by atoms with Gasteiger partial charge >= 0.3 is 12.0 Å². The molecular formula is C11H19N3O4. The lowest BCUT2D eigenvalue weighted by Gasteiger charge is -2.21. The first-order chi connectivity index (χ1) is 8.45. The Morgan fingerprint density at radius 2 is 2.00 bits per heavy atom. The summed E-state index contributed by atoms with van der Waals surface area (Å²) in [5.41, 5.74) is 0. The van der Waals surface area contributed by atoms with E-state index in [9.17, 15) is 14.4 Å². The Kier molecular flexibility index (Phi) is 4.94. The van der Waals surface area contributed by atoms with Crippen LogP contribution < -0.4 is 10.6 Å². The molecule has 1 atom stereocenters. The second-order valence-electron chi connectivity index (χ2n) is 4.45. The quantitative estimate of drug-likeness (QED) is 0.604. The minimum absolute atomic E-state index is 0.0405. The third-order valence-electron chi connectivity index (χ3n) is 2.94. The molecule has 1 rings (SSSR count). The van der Waals surface area contributed by atoms with Crippen molar-refractivity contribution < 1.29 is 19.5 Å². The molecule has 0 aromatic rings. The van der Waals surface area contributed by atoms with Crippen LogP contribution in [0.15, 0.2) is 0 Å². The van der Waals surface area contributed by atoms with Gasteiger partial charge in [0.25, 0.3) is 0 Å². The van der Waals surface area contributed by atoms with E-state index in [0.717, 1.165) is 12.8 Å². The topological polar surface area (TPSA) is 98.7 Å². The summed E-state index contributed by atoms with van der Waals surface area (Å²) in [7, 11) is 3.06. The summed E-state index contributed by atoms with van der Waals surface area (Å²) in [6.45, 7) is 0.252. The van der Waals surface area contributed by atoms with E-state index in [1.165, 1.54) is 19.0 Å². The number of hydrogen-bond donors (Lipinski definition) is 3. The number of carboxylic acid groups (broad SMARTS) is 1. The molecule has 0 aliphatic heterocycles. The number of carboxylic acids is 1. The zero-order valence-corrected chi connectivity index (χ0v) is 10.6. The highest BCUT2D eigenvalue weighted by Crippen LogP contribution is 2.32. The van der Waals surface area contributed by atoms with Gasteiger partial charge in [-0.1, -0.05) is 0 Å². The molecule has 18 heavy (non-hydrogen) atoms. The van der Waals surface area contributed by atoms with Crippen molar-refractivity contribution in [1.82, 2.24) is 15.5 Å². The summed E-state index contributed by atoms with van der Waals surface area (Å²) in [6, 6.07) is -1.28. The highest BCUT2D eigenvalue weighted by atomic mass is 16.4. The molecule has 1 aliphatic rings. The summed E-state index contributed by atoms with van der Waals surface area (Å²) < 4.78 is 0. The van der Waals surface area contributed by atoms with Crippen molar-refractivity contribution in [3.05, 3.63) is 0 Å². The van der Waals surface area contributed by atoms with Crippen LogP contribution in [0.1, 0.15) is 19.3 Å². The number of nitrogens with one attached hydrogen (secondary N) is 2. The Bertz CT molecular complexity index is 341. The number of aliphatic carboxylic acids is 1. The maximum atomic E-state index is 11.7. The van der Waals surface area contributed by atoms with Crippen molar-refractivity contribution >= 4 is 17.9 Å². The van der Waals surface area contributed by atoms with E-state index in [1.807, 2.05) is 0 Å². The second kappa shape index (κ2) is 6.23. The lowest BCUT2D eigenvalue weighted by molar-refractivity contribution is -0.139. The SMILES string of the molecule is CNC(=O)CCN(C)C(=O)NC(C(=O)O)C1CC1. The predicted octanol–water partition coefficient (Wildman–Crippen LogP) is -0.373. The van der Waals surface area contributed by atoms with E-state index >= 15 is 0 Å². The van der Waals surface area contributed by atoms with E-state index in [2.05, 4.69) is 10.6 Å². The zero-order chi connectivity index (χ0) is 13.7. The summed E-state index contributed by atoms with van der Waals surface area (Å²) in [6.07, 6.45) is 1.86. The van der Waals surface area contributed by atoms with Crippen molar-refractivity contribution in [3.8, 4) is 0 Å². The number of urea groups is 1. The second-order valence-corrected chi connectivity index (χ2v) is 4.45. The van der Waals surface area contributed by atoms with Crippen LogP contribution in [0.2, 0.25) is 0 Å². The molecule has 0 bridgehead atoms. The standard InChI is InChI=1S/C11H19N3O4/c1-12-8(15)5-6-14(2)11(18)13-9(10(16)17)7-3-4-7/h7,9H,3-6H2,1-2H3,(H,12,15)(H,13,18)(H,16,17). The fourth-order valence-electron chi connectivity index (χ4n) is 1.55. The Labute approximate surface area is 106 Å². The van der Waals surface area contributed by atoms with Gasteiger partial charge in [0.1, 0.15) is 6.04 Å². The van der Waals surface area contributed by atoms with Gasteiger partial charge in [-0.15, -0.1) is 0 Å². The monoisotopic (exact) mass is 257 g/mol. The molecule has 0 aromatic heterocycles. The average molecular weight is 257 g/mol. The normalized spacial score (nSPS) is 15.7. The van der Waals surface area contributed by atoms with E-state index in [-0.39, 0.29) is 24.8 Å². The summed E-state index contributed by atoms with van der Waals surface area (Å²) in [4.78, 5) is 35.0. The van der Waals surface area contributed by atoms with Crippen molar-refractivity contribution in [1.29, 1.82) is 0 Å². The molecule has 3 N–H and O–H groups in total. The molecule has 0 radical (unpaired) electrons. The van der Waals surface area contributed by atoms with Gasteiger partial charge in [0.15, 0.2) is 0 Å². The number of carbonyl (C=O) groups is 3. The number of carbonyl (C=O) groups excluding carboxylic acids is 2. The Hall–Kier alpha value is -1.79. The first-order valence-electron chi connectivity index (χ1n) is 5.90. The third kappa shape index (κ3) is 4.23. The van der Waals surface area contributed by atoms with Gasteiger partial charge < -0.3 is 20.6 Å². The third-order valence-corrected chi connectivity index (χ3v) is 2.94. The smallest absolute Gasteiger partial charge is 0.326 e. The van der Waals surface area contributed by atoms with Crippen LogP contribution in [0.25, 0.3) is 0 Å². The molecule has 0 heterocycles. The Morgan fingerprint density at radius 1 is 1.39 bits per heavy atom. The Morgan fingerprint density at radius 3 is 2.44 bits per heavy atom. The molecule has 0 spiro atoms. The number of nitrogens with zero attached hydrogens (tertiary/aromatic N) is 1. The van der Waals surface area contributed by atoms with Gasteiger partial charge in [0, 0.05) is 27.1 Å². The van der Waals surface area contributed by atoms with E-state index in [1.54, 1.807) is 0 Å². The molecule has 1 unspecified atom stereocenters. The largest absolute Gasteiger partial charge is 0.480 e. The number of amides is 3. The molecule has 3 amide bonds. The van der Waals surface area contributed by atoms with Gasteiger partial charge in [-0.05, 0) is 18.8 Å². The highest BCUT2D eigenvalue weighted by molar-refractivity contribution is 5.83. The highest BCUT2D eigenvalue weighted by Gasteiger charge is 2.37. The number of hydrogen-bond acceptors (Lipinski definition) is 3. The van der Waals surface area contributed by atoms with Crippen molar-refractivity contribution in [2.45, 2.75) is 25.3 Å². The molecule has 1 saturated carbocycles. The van der Waals surface area contributed by atoms with Crippen LogP contribution in [0.5, 0.6) is 0 Å². The molecule has 0 aromatic carbocycles. The first kappa shape index (κ1) is 14.3. The zero-order valence-electron chi connectivity index (χ0n) is 10.6. The van der Waals surface area contributed by atoms with Gasteiger partial charge in [-0.3, -0.25) is 4.79 Å². The average Bonchev–Trinajstić information content (AvgIpc) is 3.15. The molecule has 0 saturated heterocycles. The van der Waals surface area contributed by atoms with Gasteiger partial charge in [-0.2, -0.15) is 0 Å². The maximum Gasteiger partial charge on any atom is 0.326 e. The summed E-state index contributed by atoms with van der Waals surface area (Å²) >= 11 is 0. The van der Waals surface area contributed by atoms with Crippen LogP contribution in [0.4, 0.5) is 4.79 Å². The molecule has 1 aliphatic carbocycles. The predicted molar refractivity (Wildman–Crippen MR) is 64.0 cm³/mol. The fraction of sp³-hybridized carbons (Fsp3) is 0.727. The fourth-order valence-corrected chi connectivity index (χ4v) is 1.55. The number of rotatable bonds is 6. The van der Waals surface area contributed by atoms with Gasteiger partial charge in [0.2, 0.25) is 5.91 Å². The Balaban J connectivity index is 2.38. The van der Waals surface area contributed by atoms with E-state index < -0.39 is 18.0 Å². The summed E-state index contributed by atoms with van der Waals surface area (Å²) in [5, 5.41) is 13.9. The van der Waals surface area contributed by atoms with Crippen LogP contribution in [0, 0.1) is 5.92 Å². The lowest BCUT2D eigenvalue weighted by atomic mass is 10.2. The van der Waals surface area contributed by atoms with E-state index in [0.29, 0.717) is 0 Å². The van der Waals surface area contributed by atoms with Gasteiger partial charge in [0.05, 0.1) is 0 Å². The minimum atomic E-state index is -1.01. The van der Waals surface area contributed by atoms with Crippen molar-refractivity contribution in [3.63, 3.8) is 0 Å². The molecule has 102 valence electrons. The summed E-state index contributed by atoms with van der Waals surface area (Å²) in [5.74, 6) is -1.13. The molecule has 1 fully saturated rings. The maximum absolute atomic E-state index is 11.7. The molecule has 7 heteroatoms. The molecular weight excluding hydrogens is 238 g/mol. The van der Waals surface area contributed by atoms with Crippen molar-refractivity contribution in [2.24, 2.45) is 5.92 Å². The van der Waals surface area contributed by atoms with Gasteiger partial charge in [-0.25, -0.2) is 9.59 Å². The van der Waals surface area contributed by atoms with Crippen molar-refractivity contribution in [2.75, 3.05) is 20.6 Å². The van der Waals surface area contributed by atoms with Crippen LogP contribution >= 0.6 is 0 Å². The minimum Gasteiger partial charge on any atom is -0.480 e. The van der Waals surface area contributed by atoms with Crippen LogP contribution in [0.3, 0.4) is 0 Å². The van der Waals surface area contributed by atoms with Crippen LogP contribution in [-0.4, -0.2) is 54.6 Å².